The number of H-pyrrole nitrogens is 1. The van der Waals surface area contributed by atoms with Crippen molar-refractivity contribution in [2.24, 2.45) is 0 Å². The molecule has 3 aromatic heterocycles. The van der Waals surface area contributed by atoms with E-state index in [1.165, 1.54) is 11.8 Å². The molecule has 1 fully saturated rings. The zero-order chi connectivity index (χ0) is 29.4. The van der Waals surface area contributed by atoms with Crippen LogP contribution in [-0.2, 0) is 9.53 Å². The first-order valence-corrected chi connectivity index (χ1v) is 14.5. The van der Waals surface area contributed by atoms with E-state index in [9.17, 15) is 9.90 Å². The van der Waals surface area contributed by atoms with Gasteiger partial charge in [0.25, 0.3) is 0 Å². The van der Waals surface area contributed by atoms with E-state index in [4.69, 9.17) is 9.72 Å². The van der Waals surface area contributed by atoms with E-state index in [1.54, 1.807) is 18.4 Å². The Bertz CT molecular complexity index is 1500. The van der Waals surface area contributed by atoms with Gasteiger partial charge in [-0.15, -0.1) is 5.10 Å². The topological polar surface area (TPSA) is 133 Å². The molecular formula is C29H38N8O3S. The van der Waals surface area contributed by atoms with E-state index < -0.39 is 5.60 Å². The number of anilines is 3. The molecule has 1 aliphatic rings. The van der Waals surface area contributed by atoms with Gasteiger partial charge in [0.05, 0.1) is 23.9 Å². The number of aryl methyl sites for hydroxylation is 1. The molecule has 0 spiro atoms. The van der Waals surface area contributed by atoms with Crippen LogP contribution in [-0.4, -0.2) is 77.1 Å². The van der Waals surface area contributed by atoms with E-state index in [0.29, 0.717) is 35.4 Å². The zero-order valence-corrected chi connectivity index (χ0v) is 25.1. The molecule has 2 atom stereocenters. The van der Waals surface area contributed by atoms with Crippen LogP contribution in [0.5, 0.6) is 0 Å². The molecule has 0 bridgehead atoms. The number of aromatic nitrogens is 5. The van der Waals surface area contributed by atoms with Gasteiger partial charge < -0.3 is 20.5 Å². The van der Waals surface area contributed by atoms with Crippen LogP contribution in [0.25, 0.3) is 5.52 Å². The lowest BCUT2D eigenvalue weighted by atomic mass is 9.96. The first kappa shape index (κ1) is 29.1. The van der Waals surface area contributed by atoms with E-state index in [1.807, 2.05) is 81.3 Å². The number of hydrogen-bond acceptors (Lipinski definition) is 9. The van der Waals surface area contributed by atoms with E-state index >= 15 is 0 Å². The second-order valence-corrected chi connectivity index (χ2v) is 13.0. The van der Waals surface area contributed by atoms with Crippen LogP contribution in [0.4, 0.5) is 17.3 Å². The number of ether oxygens (including phenoxy) is 1. The Hall–Kier alpha value is -3.45. The highest BCUT2D eigenvalue weighted by Crippen LogP contribution is 2.31. The summed E-state index contributed by atoms with van der Waals surface area (Å²) in [6, 6.07) is 13.2. The van der Waals surface area contributed by atoms with Gasteiger partial charge in [-0.25, -0.2) is 9.50 Å². The van der Waals surface area contributed by atoms with Crippen LogP contribution in [0, 0.1) is 6.92 Å². The van der Waals surface area contributed by atoms with Crippen LogP contribution in [0.2, 0.25) is 0 Å². The summed E-state index contributed by atoms with van der Waals surface area (Å²) < 4.78 is 7.95. The maximum atomic E-state index is 13.0. The lowest BCUT2D eigenvalue weighted by molar-refractivity contribution is -0.118. The molecule has 0 radical (unpaired) electrons. The summed E-state index contributed by atoms with van der Waals surface area (Å²) in [6.07, 6.45) is 2.51. The fraction of sp³-hybridized carbons (Fsp3) is 0.448. The van der Waals surface area contributed by atoms with Gasteiger partial charge in [-0.2, -0.15) is 5.10 Å². The van der Waals surface area contributed by atoms with Gasteiger partial charge >= 0.3 is 0 Å². The van der Waals surface area contributed by atoms with Crippen LogP contribution in [0.1, 0.15) is 46.7 Å². The summed E-state index contributed by atoms with van der Waals surface area (Å²) >= 11 is 1.42. The van der Waals surface area contributed by atoms with Gasteiger partial charge in [-0.05, 0) is 96.1 Å². The largest absolute Gasteiger partial charge is 0.389 e. The number of aromatic amines is 1. The zero-order valence-electron chi connectivity index (χ0n) is 24.3. The number of aliphatic hydroxyl groups is 1. The monoisotopic (exact) mass is 578 g/mol. The third kappa shape index (κ3) is 7.45. The van der Waals surface area contributed by atoms with Crippen molar-refractivity contribution in [2.45, 2.75) is 81.4 Å². The highest BCUT2D eigenvalue weighted by Gasteiger charge is 2.42. The third-order valence-corrected chi connectivity index (χ3v) is 7.58. The number of amides is 1. The normalized spacial score (nSPS) is 18.2. The number of nitrogens with zero attached hydrogens (tertiary/aromatic N) is 5. The first-order valence-electron chi connectivity index (χ1n) is 13.7. The molecule has 0 saturated carbocycles. The van der Waals surface area contributed by atoms with Gasteiger partial charge in [0.1, 0.15) is 5.52 Å². The van der Waals surface area contributed by atoms with Crippen LogP contribution in [0.3, 0.4) is 0 Å². The molecule has 1 aromatic carbocycles. The van der Waals surface area contributed by atoms with Crippen molar-refractivity contribution in [3.63, 3.8) is 0 Å². The predicted octanol–water partition coefficient (Wildman–Crippen LogP) is 4.62. The van der Waals surface area contributed by atoms with Crippen molar-refractivity contribution in [1.82, 2.24) is 29.7 Å². The highest BCUT2D eigenvalue weighted by molar-refractivity contribution is 7.99. The fourth-order valence-electron chi connectivity index (χ4n) is 5.11. The standard InChI is InChI=1S/C29H38N8O3S/c1-18-14-24(34-33-18)31-26-22-8-7-13-37(22)35-27(32-26)41-21-11-9-19(10-12-21)30-25(38)17-36-16-20(40-28(2,3)4)15-23(36)29(5,6)39/h7-14,20,23,39H,15-17H2,1-6H3,(H,30,38)(H2,31,32,33,34,35)/t20-,23+/m1/s1. The van der Waals surface area contributed by atoms with Crippen LogP contribution >= 0.6 is 11.8 Å². The Labute approximate surface area is 244 Å². The van der Waals surface area contributed by atoms with Crippen molar-refractivity contribution in [2.75, 3.05) is 23.7 Å². The summed E-state index contributed by atoms with van der Waals surface area (Å²) in [4.78, 5) is 20.6. The minimum Gasteiger partial charge on any atom is -0.389 e. The number of likely N-dealkylation sites (tertiary alicyclic amines) is 1. The maximum absolute atomic E-state index is 13.0. The number of carbonyl (C=O) groups is 1. The molecule has 4 N–H and O–H groups in total. The number of nitrogens with one attached hydrogen (secondary N) is 3. The van der Waals surface area contributed by atoms with Gasteiger partial charge in [0.2, 0.25) is 11.1 Å². The van der Waals surface area contributed by atoms with Gasteiger partial charge in [0, 0.05) is 41.1 Å². The van der Waals surface area contributed by atoms with Gasteiger partial charge in [0.15, 0.2) is 11.6 Å². The van der Waals surface area contributed by atoms with Crippen molar-refractivity contribution >= 4 is 40.5 Å². The quantitative estimate of drug-likeness (QED) is 0.224. The minimum atomic E-state index is -0.951. The molecule has 0 aliphatic carbocycles. The second kappa shape index (κ2) is 11.4. The Morgan fingerprint density at radius 3 is 2.61 bits per heavy atom. The lowest BCUT2D eigenvalue weighted by Crippen LogP contribution is -2.48. The molecule has 1 aliphatic heterocycles. The van der Waals surface area contributed by atoms with Crippen molar-refractivity contribution in [1.29, 1.82) is 0 Å². The number of benzene rings is 1. The molecule has 12 heteroatoms. The number of fused-ring (bicyclic) bond motifs is 1. The first-order chi connectivity index (χ1) is 19.3. The minimum absolute atomic E-state index is 0.0392. The molecule has 1 saturated heterocycles. The van der Waals surface area contributed by atoms with Crippen molar-refractivity contribution in [3.05, 3.63) is 54.4 Å². The van der Waals surface area contributed by atoms with Crippen molar-refractivity contribution in [3.8, 4) is 0 Å². The SMILES string of the molecule is Cc1cc(Nc2nc(Sc3ccc(NC(=O)CN4C[C@H](OC(C)(C)C)C[C@H]4C(C)(C)O)cc3)nn3cccc23)n[nH]1. The van der Waals surface area contributed by atoms with Gasteiger partial charge in [-0.3, -0.25) is 14.8 Å². The molecule has 11 nitrogen and oxygen atoms in total. The number of hydrogen-bond donors (Lipinski definition) is 4. The molecule has 4 aromatic rings. The Balaban J connectivity index is 1.22. The summed E-state index contributed by atoms with van der Waals surface area (Å²) in [5.41, 5.74) is 1.24. The molecule has 5 rings (SSSR count). The average molecular weight is 579 g/mol. The van der Waals surface area contributed by atoms with Crippen molar-refractivity contribution < 1.29 is 14.6 Å². The Kier molecular flexibility index (Phi) is 8.11. The smallest absolute Gasteiger partial charge is 0.238 e. The molecule has 41 heavy (non-hydrogen) atoms. The van der Waals surface area contributed by atoms with Gasteiger partial charge in [-0.1, -0.05) is 0 Å². The highest BCUT2D eigenvalue weighted by atomic mass is 32.2. The van der Waals surface area contributed by atoms with Crippen LogP contribution in [0.15, 0.2) is 58.7 Å². The van der Waals surface area contributed by atoms with Crippen LogP contribution < -0.4 is 10.6 Å². The Morgan fingerprint density at radius 2 is 1.95 bits per heavy atom. The summed E-state index contributed by atoms with van der Waals surface area (Å²) in [5, 5.41) is 29.4. The predicted molar refractivity (Wildman–Crippen MR) is 160 cm³/mol. The lowest BCUT2D eigenvalue weighted by Gasteiger charge is -2.33. The maximum Gasteiger partial charge on any atom is 0.238 e. The molecule has 0 unspecified atom stereocenters. The van der Waals surface area contributed by atoms with E-state index in [2.05, 4.69) is 25.9 Å². The Morgan fingerprint density at radius 1 is 1.20 bits per heavy atom. The summed E-state index contributed by atoms with van der Waals surface area (Å²) in [6.45, 7) is 12.3. The van der Waals surface area contributed by atoms with E-state index in [0.717, 1.165) is 16.1 Å². The molecule has 1 amide bonds. The molecule has 4 heterocycles. The molecule has 218 valence electrons. The second-order valence-electron chi connectivity index (χ2n) is 12.0. The average Bonchev–Trinajstić information content (AvgIpc) is 3.59. The summed E-state index contributed by atoms with van der Waals surface area (Å²) in [7, 11) is 0. The van der Waals surface area contributed by atoms with E-state index in [-0.39, 0.29) is 30.2 Å². The molecular weight excluding hydrogens is 540 g/mol. The number of carbonyl (C=O) groups excluding carboxylic acids is 1. The summed E-state index contributed by atoms with van der Waals surface area (Å²) in [5.74, 6) is 1.20. The third-order valence-electron chi connectivity index (χ3n) is 6.72. The number of rotatable bonds is 9. The fourth-order valence-corrected chi connectivity index (χ4v) is 5.86.